The number of hydrogen-bond acceptors (Lipinski definition) is 4. The molecule has 0 aliphatic carbocycles. The average molecular weight is 275 g/mol. The molecule has 5 heteroatoms. The van der Waals surface area contributed by atoms with Crippen LogP contribution in [0.1, 0.15) is 5.56 Å². The van der Waals surface area contributed by atoms with Gasteiger partial charge in [0.25, 0.3) is 0 Å². The summed E-state index contributed by atoms with van der Waals surface area (Å²) in [4.78, 5) is 0. The number of aromatic nitrogens is 2. The Morgan fingerprint density at radius 1 is 1.20 bits per heavy atom. The van der Waals surface area contributed by atoms with E-state index in [-0.39, 0.29) is 12.6 Å². The molecule has 2 aromatic rings. The molecule has 0 bridgehead atoms. The number of nitrogens with one attached hydrogen (secondary N) is 1. The Bertz CT molecular complexity index is 473. The minimum absolute atomic E-state index is 0.0450. The summed E-state index contributed by atoms with van der Waals surface area (Å²) in [5.41, 5.74) is 1.17. The summed E-state index contributed by atoms with van der Waals surface area (Å²) < 4.78 is 1.69. The third-order valence-corrected chi connectivity index (χ3v) is 3.14. The lowest BCUT2D eigenvalue weighted by Gasteiger charge is -2.19. The van der Waals surface area contributed by atoms with Gasteiger partial charge in [-0.3, -0.25) is 4.68 Å². The highest BCUT2D eigenvalue weighted by atomic mass is 16.3. The SMILES string of the molecule is OCC(Cc1ccccc1)NCC(O)Cn1cccn1. The average Bonchev–Trinajstić information content (AvgIpc) is 2.97. The largest absolute Gasteiger partial charge is 0.395 e. The molecule has 0 saturated heterocycles. The molecule has 0 radical (unpaired) electrons. The third kappa shape index (κ3) is 4.77. The summed E-state index contributed by atoms with van der Waals surface area (Å²) in [5.74, 6) is 0. The van der Waals surface area contributed by atoms with E-state index in [1.807, 2.05) is 42.6 Å². The Kier molecular flexibility index (Phi) is 5.73. The first kappa shape index (κ1) is 14.7. The molecule has 1 heterocycles. The minimum atomic E-state index is -0.528. The maximum atomic E-state index is 9.93. The van der Waals surface area contributed by atoms with Crippen LogP contribution in [0.25, 0.3) is 0 Å². The number of aliphatic hydroxyl groups excluding tert-OH is 2. The van der Waals surface area contributed by atoms with E-state index in [1.54, 1.807) is 10.9 Å². The quantitative estimate of drug-likeness (QED) is 0.654. The summed E-state index contributed by atoms with van der Waals surface area (Å²) in [5, 5.41) is 26.6. The molecule has 1 aromatic heterocycles. The van der Waals surface area contributed by atoms with Crippen LogP contribution in [0, 0.1) is 0 Å². The normalized spacial score (nSPS) is 14.1. The van der Waals surface area contributed by atoms with Gasteiger partial charge in [0, 0.05) is 25.0 Å². The molecule has 0 amide bonds. The molecule has 0 aliphatic heterocycles. The molecule has 108 valence electrons. The van der Waals surface area contributed by atoms with Gasteiger partial charge in [-0.1, -0.05) is 30.3 Å². The lowest BCUT2D eigenvalue weighted by Crippen LogP contribution is -2.40. The van der Waals surface area contributed by atoms with Crippen molar-refractivity contribution in [2.75, 3.05) is 13.2 Å². The van der Waals surface area contributed by atoms with Crippen LogP contribution in [0.5, 0.6) is 0 Å². The molecule has 20 heavy (non-hydrogen) atoms. The number of aliphatic hydroxyl groups is 2. The lowest BCUT2D eigenvalue weighted by molar-refractivity contribution is 0.135. The van der Waals surface area contributed by atoms with Gasteiger partial charge < -0.3 is 15.5 Å². The van der Waals surface area contributed by atoms with Crippen molar-refractivity contribution in [1.82, 2.24) is 15.1 Å². The van der Waals surface area contributed by atoms with E-state index < -0.39 is 6.10 Å². The highest BCUT2D eigenvalue weighted by Gasteiger charge is 2.11. The van der Waals surface area contributed by atoms with E-state index >= 15 is 0 Å². The van der Waals surface area contributed by atoms with E-state index in [0.717, 1.165) is 6.42 Å². The van der Waals surface area contributed by atoms with E-state index in [0.29, 0.717) is 13.1 Å². The molecule has 0 aliphatic rings. The van der Waals surface area contributed by atoms with E-state index in [9.17, 15) is 10.2 Å². The van der Waals surface area contributed by atoms with Crippen LogP contribution in [-0.4, -0.2) is 45.3 Å². The van der Waals surface area contributed by atoms with Crippen molar-refractivity contribution in [2.45, 2.75) is 25.1 Å². The second-order valence-electron chi connectivity index (χ2n) is 4.86. The van der Waals surface area contributed by atoms with Crippen molar-refractivity contribution in [3.63, 3.8) is 0 Å². The van der Waals surface area contributed by atoms with Gasteiger partial charge >= 0.3 is 0 Å². The van der Waals surface area contributed by atoms with Crippen LogP contribution in [0.15, 0.2) is 48.8 Å². The van der Waals surface area contributed by atoms with Crippen LogP contribution < -0.4 is 5.32 Å². The van der Waals surface area contributed by atoms with Gasteiger partial charge in [-0.15, -0.1) is 0 Å². The first-order valence-corrected chi connectivity index (χ1v) is 6.81. The summed E-state index contributed by atoms with van der Waals surface area (Å²) in [6, 6.07) is 11.8. The van der Waals surface area contributed by atoms with Gasteiger partial charge in [0.15, 0.2) is 0 Å². The summed E-state index contributed by atoms with van der Waals surface area (Å²) >= 11 is 0. The fraction of sp³-hybridized carbons (Fsp3) is 0.400. The van der Waals surface area contributed by atoms with Crippen LogP contribution in [0.2, 0.25) is 0 Å². The van der Waals surface area contributed by atoms with Crippen LogP contribution in [-0.2, 0) is 13.0 Å². The van der Waals surface area contributed by atoms with Crippen LogP contribution in [0.3, 0.4) is 0 Å². The topological polar surface area (TPSA) is 70.3 Å². The second kappa shape index (κ2) is 7.79. The van der Waals surface area contributed by atoms with Gasteiger partial charge in [0.05, 0.1) is 19.3 Å². The molecular formula is C15H21N3O2. The first-order chi connectivity index (χ1) is 9.78. The van der Waals surface area contributed by atoms with Crippen molar-refractivity contribution in [3.8, 4) is 0 Å². The number of rotatable bonds is 8. The molecule has 2 rings (SSSR count). The lowest BCUT2D eigenvalue weighted by atomic mass is 10.1. The van der Waals surface area contributed by atoms with Gasteiger partial charge in [-0.2, -0.15) is 5.10 Å². The fourth-order valence-corrected chi connectivity index (χ4v) is 2.09. The molecule has 2 unspecified atom stereocenters. The third-order valence-electron chi connectivity index (χ3n) is 3.14. The molecule has 2 atom stereocenters. The number of nitrogens with zero attached hydrogens (tertiary/aromatic N) is 2. The van der Waals surface area contributed by atoms with Crippen molar-refractivity contribution in [2.24, 2.45) is 0 Å². The smallest absolute Gasteiger partial charge is 0.0860 e. The van der Waals surface area contributed by atoms with Crippen LogP contribution in [0.4, 0.5) is 0 Å². The zero-order chi connectivity index (χ0) is 14.2. The van der Waals surface area contributed by atoms with Crippen molar-refractivity contribution in [3.05, 3.63) is 54.4 Å². The summed E-state index contributed by atoms with van der Waals surface area (Å²) in [6.45, 7) is 0.921. The van der Waals surface area contributed by atoms with E-state index in [2.05, 4.69) is 10.4 Å². The van der Waals surface area contributed by atoms with Gasteiger partial charge in [0.1, 0.15) is 0 Å². The summed E-state index contributed by atoms with van der Waals surface area (Å²) in [7, 11) is 0. The number of hydrogen-bond donors (Lipinski definition) is 3. The first-order valence-electron chi connectivity index (χ1n) is 6.81. The fourth-order valence-electron chi connectivity index (χ4n) is 2.09. The Morgan fingerprint density at radius 2 is 2.00 bits per heavy atom. The monoisotopic (exact) mass is 275 g/mol. The standard InChI is InChI=1S/C15H21N3O2/c19-12-14(9-13-5-2-1-3-6-13)16-10-15(20)11-18-8-4-7-17-18/h1-8,14-16,19-20H,9-12H2. The molecule has 1 aromatic carbocycles. The Labute approximate surface area is 118 Å². The Morgan fingerprint density at radius 3 is 2.65 bits per heavy atom. The van der Waals surface area contributed by atoms with E-state index in [1.165, 1.54) is 5.56 Å². The molecular weight excluding hydrogens is 254 g/mol. The van der Waals surface area contributed by atoms with Gasteiger partial charge in [0.2, 0.25) is 0 Å². The van der Waals surface area contributed by atoms with Crippen LogP contribution >= 0.6 is 0 Å². The molecule has 0 saturated carbocycles. The summed E-state index contributed by atoms with van der Waals surface area (Å²) in [6.07, 6.45) is 3.72. The maximum absolute atomic E-state index is 9.93. The Balaban J connectivity index is 1.75. The molecule has 0 spiro atoms. The predicted molar refractivity (Wildman–Crippen MR) is 77.3 cm³/mol. The van der Waals surface area contributed by atoms with Gasteiger partial charge in [-0.25, -0.2) is 0 Å². The highest BCUT2D eigenvalue weighted by molar-refractivity contribution is 5.15. The predicted octanol–water partition coefficient (Wildman–Crippen LogP) is 0.437. The van der Waals surface area contributed by atoms with E-state index in [4.69, 9.17) is 0 Å². The zero-order valence-corrected chi connectivity index (χ0v) is 11.4. The zero-order valence-electron chi connectivity index (χ0n) is 11.4. The Hall–Kier alpha value is -1.69. The highest BCUT2D eigenvalue weighted by Crippen LogP contribution is 2.03. The molecule has 3 N–H and O–H groups in total. The molecule has 5 nitrogen and oxygen atoms in total. The van der Waals surface area contributed by atoms with Crippen molar-refractivity contribution in [1.29, 1.82) is 0 Å². The van der Waals surface area contributed by atoms with Gasteiger partial charge in [-0.05, 0) is 18.1 Å². The van der Waals surface area contributed by atoms with Crippen molar-refractivity contribution >= 4 is 0 Å². The second-order valence-corrected chi connectivity index (χ2v) is 4.86. The number of benzene rings is 1. The van der Waals surface area contributed by atoms with Crippen molar-refractivity contribution < 1.29 is 10.2 Å². The maximum Gasteiger partial charge on any atom is 0.0860 e. The molecule has 0 fully saturated rings. The minimum Gasteiger partial charge on any atom is -0.395 e.